The molecule has 1 aromatic rings. The Bertz CT molecular complexity index is 313. The molecule has 2 nitrogen and oxygen atoms in total. The molecule has 0 aliphatic rings. The van der Waals surface area contributed by atoms with Crippen molar-refractivity contribution in [2.24, 2.45) is 11.8 Å². The number of hydrogen-bond donors (Lipinski definition) is 0. The van der Waals surface area contributed by atoms with Gasteiger partial charge in [-0.05, 0) is 5.56 Å². The zero-order valence-electron chi connectivity index (χ0n) is 11.8. The largest absolute Gasteiger partial charge is 0.545 e. The predicted molar refractivity (Wildman–Crippen MR) is 75.8 cm³/mol. The van der Waals surface area contributed by atoms with Crippen LogP contribution in [-0.4, -0.2) is 21.2 Å². The van der Waals surface area contributed by atoms with Crippen LogP contribution in [0.15, 0.2) is 30.3 Å². The number of rotatable bonds is 5. The van der Waals surface area contributed by atoms with Crippen molar-refractivity contribution in [1.29, 1.82) is 0 Å². The van der Waals surface area contributed by atoms with E-state index in [9.17, 15) is 9.90 Å². The zero-order valence-corrected chi connectivity index (χ0v) is 13.0. The van der Waals surface area contributed by atoms with E-state index < -0.39 is 5.97 Å². The van der Waals surface area contributed by atoms with Crippen molar-refractivity contribution in [1.82, 2.24) is 0 Å². The van der Waals surface area contributed by atoms with Gasteiger partial charge in [-0.1, -0.05) is 30.3 Å². The Hall–Kier alpha value is -0.778. The van der Waals surface area contributed by atoms with Crippen LogP contribution in [0.3, 0.4) is 0 Å². The summed E-state index contributed by atoms with van der Waals surface area (Å²) >= 11 is 0.755. The average molecular weight is 262 g/mol. The van der Waals surface area contributed by atoms with Crippen molar-refractivity contribution in [3.63, 3.8) is 0 Å². The van der Waals surface area contributed by atoms with Gasteiger partial charge in [0.15, 0.2) is 0 Å². The summed E-state index contributed by atoms with van der Waals surface area (Å²) in [7, 11) is 0. The quantitative estimate of drug-likeness (QED) is 0.765. The van der Waals surface area contributed by atoms with E-state index in [4.69, 9.17) is 0 Å². The molecule has 1 aromatic carbocycles. The van der Waals surface area contributed by atoms with Gasteiger partial charge in [-0.3, -0.25) is 0 Å². The standard InChI is InChI=1S/C7H6O2.2C4H9.Al/c8-7(9)6-4-2-1-3-5-6;2*1-4(2)3;/h1-5H,(H,8,9);2*4H,1H2,2-3H3;/q;;;+1/p-1. The van der Waals surface area contributed by atoms with E-state index >= 15 is 0 Å². The molecule has 1 rings (SSSR count). The Balaban J connectivity index is 0.000000321. The fraction of sp³-hybridized carbons (Fsp3) is 0.533. The summed E-state index contributed by atoms with van der Waals surface area (Å²) in [6, 6.07) is 8.06. The van der Waals surface area contributed by atoms with E-state index in [1.54, 1.807) is 18.2 Å². The molecule has 0 fully saturated rings. The molecule has 3 heteroatoms. The first-order valence-corrected chi connectivity index (χ1v) is 8.14. The molecule has 0 aromatic heterocycles. The molecule has 0 saturated heterocycles. The molecule has 0 aliphatic carbocycles. The molecular formula is C15H23AlO2. The maximum absolute atomic E-state index is 10.1. The van der Waals surface area contributed by atoms with Crippen LogP contribution in [0.4, 0.5) is 0 Å². The van der Waals surface area contributed by atoms with Gasteiger partial charge in [0.2, 0.25) is 0 Å². The fourth-order valence-corrected chi connectivity index (χ4v) is 2.86. The molecule has 0 bridgehead atoms. The van der Waals surface area contributed by atoms with Crippen LogP contribution in [0.2, 0.25) is 10.6 Å². The van der Waals surface area contributed by atoms with Gasteiger partial charge in [0, 0.05) is 0 Å². The first-order valence-electron chi connectivity index (χ1n) is 6.51. The maximum atomic E-state index is 10.1. The molecule has 18 heavy (non-hydrogen) atoms. The third kappa shape index (κ3) is 10.4. The number of aromatic carboxylic acids is 1. The molecule has 0 aliphatic heterocycles. The minimum atomic E-state index is -1.13. The molecule has 0 atom stereocenters. The second-order valence-corrected chi connectivity index (χ2v) is 6.72. The first-order chi connectivity index (χ1) is 8.43. The van der Waals surface area contributed by atoms with Gasteiger partial charge in [-0.2, -0.15) is 0 Å². The normalized spacial score (nSPS) is 9.67. The molecule has 0 radical (unpaired) electrons. The van der Waals surface area contributed by atoms with Gasteiger partial charge in [-0.25, -0.2) is 0 Å². The minimum absolute atomic E-state index is 0.220. The molecule has 0 saturated carbocycles. The third-order valence-electron chi connectivity index (χ3n) is 2.29. The molecule has 0 unspecified atom stereocenters. The van der Waals surface area contributed by atoms with E-state index in [2.05, 4.69) is 27.7 Å². The predicted octanol–water partition coefficient (Wildman–Crippen LogP) is 2.89. The number of carbonyl (C=O) groups is 1. The fourth-order valence-electron chi connectivity index (χ4n) is 1.34. The second kappa shape index (κ2) is 10.2. The minimum Gasteiger partial charge on any atom is -0.545 e. The SMILES string of the molecule is CC(C)[CH2][Al+][CH2]C(C)C.O=C([O-])c1ccccc1. The molecule has 0 amide bonds. The number of hydrogen-bond acceptors (Lipinski definition) is 2. The number of carbonyl (C=O) groups excluding carboxylic acids is 1. The summed E-state index contributed by atoms with van der Waals surface area (Å²) in [5, 5.41) is 13.1. The van der Waals surface area contributed by atoms with Crippen molar-refractivity contribution in [2.75, 3.05) is 0 Å². The van der Waals surface area contributed by atoms with Crippen LogP contribution >= 0.6 is 0 Å². The van der Waals surface area contributed by atoms with Gasteiger partial charge >= 0.3 is 65.3 Å². The Morgan fingerprint density at radius 1 is 1.06 bits per heavy atom. The molecule has 0 heterocycles. The van der Waals surface area contributed by atoms with Crippen LogP contribution < -0.4 is 5.11 Å². The van der Waals surface area contributed by atoms with E-state index in [0.717, 1.165) is 27.1 Å². The van der Waals surface area contributed by atoms with E-state index in [-0.39, 0.29) is 5.56 Å². The summed E-state index contributed by atoms with van der Waals surface area (Å²) in [6.45, 7) is 9.25. The van der Waals surface area contributed by atoms with Gasteiger partial charge in [0.25, 0.3) is 0 Å². The Morgan fingerprint density at radius 3 is 1.78 bits per heavy atom. The number of benzene rings is 1. The van der Waals surface area contributed by atoms with Crippen molar-refractivity contribution in [2.45, 2.75) is 38.3 Å². The van der Waals surface area contributed by atoms with Crippen molar-refractivity contribution in [3.05, 3.63) is 35.9 Å². The topological polar surface area (TPSA) is 40.1 Å². The smallest absolute Gasteiger partial charge is 0.0715 e. The van der Waals surface area contributed by atoms with Gasteiger partial charge in [0.05, 0.1) is 5.97 Å². The Morgan fingerprint density at radius 2 is 1.50 bits per heavy atom. The zero-order chi connectivity index (χ0) is 14.0. The van der Waals surface area contributed by atoms with E-state index in [0.29, 0.717) is 0 Å². The van der Waals surface area contributed by atoms with Crippen LogP contribution in [0.25, 0.3) is 0 Å². The molecule has 0 N–H and O–H groups in total. The van der Waals surface area contributed by atoms with Crippen molar-refractivity contribution in [3.8, 4) is 0 Å². The van der Waals surface area contributed by atoms with E-state index in [1.807, 2.05) is 0 Å². The Kier molecular flexibility index (Phi) is 9.73. The number of carboxylic acids is 1. The van der Waals surface area contributed by atoms with Gasteiger partial charge in [-0.15, -0.1) is 0 Å². The third-order valence-corrected chi connectivity index (χ3v) is 4.84. The molecule has 98 valence electrons. The average Bonchev–Trinajstić information content (AvgIpc) is 2.30. The van der Waals surface area contributed by atoms with Crippen molar-refractivity contribution < 1.29 is 9.90 Å². The summed E-state index contributed by atoms with van der Waals surface area (Å²) in [4.78, 5) is 10.1. The van der Waals surface area contributed by atoms with Crippen molar-refractivity contribution >= 4 is 21.2 Å². The van der Waals surface area contributed by atoms with Gasteiger partial charge in [0.1, 0.15) is 0 Å². The summed E-state index contributed by atoms with van der Waals surface area (Å²) < 4.78 is 0. The first kappa shape index (κ1) is 17.2. The van der Waals surface area contributed by atoms with Crippen LogP contribution in [0.1, 0.15) is 38.1 Å². The van der Waals surface area contributed by atoms with Crippen LogP contribution in [-0.2, 0) is 0 Å². The maximum Gasteiger partial charge on any atom is 0.0715 e. The summed E-state index contributed by atoms with van der Waals surface area (Å²) in [5.74, 6) is 0.730. The second-order valence-electron chi connectivity index (χ2n) is 5.20. The van der Waals surface area contributed by atoms with Crippen LogP contribution in [0.5, 0.6) is 0 Å². The monoisotopic (exact) mass is 262 g/mol. The molecule has 0 spiro atoms. The van der Waals surface area contributed by atoms with Crippen LogP contribution in [0, 0.1) is 11.8 Å². The van der Waals surface area contributed by atoms with Gasteiger partial charge < -0.3 is 9.90 Å². The summed E-state index contributed by atoms with van der Waals surface area (Å²) in [5.41, 5.74) is 0.220. The summed E-state index contributed by atoms with van der Waals surface area (Å²) in [6.07, 6.45) is 0. The molecular weight excluding hydrogens is 239 g/mol. The Labute approximate surface area is 117 Å². The van der Waals surface area contributed by atoms with E-state index in [1.165, 1.54) is 22.7 Å². The number of carboxylic acid groups (broad SMARTS) is 1.